The monoisotopic (exact) mass is 420 g/mol. The van der Waals surface area contributed by atoms with Crippen LogP contribution in [0.15, 0.2) is 42.3 Å². The maximum absolute atomic E-state index is 12.5. The predicted molar refractivity (Wildman–Crippen MR) is 111 cm³/mol. The molecule has 8 heteroatoms. The van der Waals surface area contributed by atoms with Crippen molar-refractivity contribution < 1.29 is 28.9 Å². The summed E-state index contributed by atoms with van der Waals surface area (Å²) in [7, 11) is 0. The van der Waals surface area contributed by atoms with E-state index in [0.29, 0.717) is 5.88 Å². The molecule has 1 aliphatic heterocycles. The van der Waals surface area contributed by atoms with Gasteiger partial charge in [-0.05, 0) is 40.2 Å². The van der Waals surface area contributed by atoms with Crippen LogP contribution in [0.25, 0.3) is 0 Å². The van der Waals surface area contributed by atoms with Gasteiger partial charge >= 0.3 is 12.1 Å². The summed E-state index contributed by atoms with van der Waals surface area (Å²) >= 11 is 0. The van der Waals surface area contributed by atoms with Crippen molar-refractivity contribution in [2.24, 2.45) is 0 Å². The number of carbonyl (C=O) groups is 2. The lowest BCUT2D eigenvalue weighted by atomic mass is 10.0. The van der Waals surface area contributed by atoms with E-state index in [1.165, 1.54) is 0 Å². The van der Waals surface area contributed by atoms with Gasteiger partial charge < -0.3 is 30.0 Å². The van der Waals surface area contributed by atoms with E-state index < -0.39 is 35.4 Å². The van der Waals surface area contributed by atoms with Crippen LogP contribution in [-0.4, -0.2) is 47.1 Å². The molecule has 0 bridgehead atoms. The van der Waals surface area contributed by atoms with Crippen molar-refractivity contribution in [2.45, 2.75) is 71.0 Å². The van der Waals surface area contributed by atoms with Gasteiger partial charge in [0.15, 0.2) is 5.88 Å². The number of alkyl carbamates (subject to hydrolysis) is 1. The standard InChI is InChI=1S/C22H32N2O6/c1-21(2,3)30-19(26)17(24-18-12-22(4,5)29-18)11-16(25)13-23-20(27)28-14-15-9-7-6-8-10-15/h6-10,12,16-17,24-25H,11,13-14H2,1-5H3,(H,23,27)/t16-,17+/m1/s1. The van der Waals surface area contributed by atoms with Crippen molar-refractivity contribution in [3.8, 4) is 0 Å². The van der Waals surface area contributed by atoms with Crippen molar-refractivity contribution in [3.05, 3.63) is 47.9 Å². The molecule has 2 rings (SSSR count). The van der Waals surface area contributed by atoms with Crippen LogP contribution in [0.2, 0.25) is 0 Å². The molecule has 1 aromatic carbocycles. The van der Waals surface area contributed by atoms with Gasteiger partial charge in [-0.15, -0.1) is 0 Å². The SMILES string of the molecule is CC(C)(C)OC(=O)[C@H](C[C@@H](O)CNC(=O)OCc1ccccc1)NC1=CC(C)(C)O1. The highest BCUT2D eigenvalue weighted by Crippen LogP contribution is 2.27. The van der Waals surface area contributed by atoms with Crippen LogP contribution in [0.3, 0.4) is 0 Å². The van der Waals surface area contributed by atoms with E-state index in [4.69, 9.17) is 14.2 Å². The summed E-state index contributed by atoms with van der Waals surface area (Å²) in [6, 6.07) is 8.44. The fraction of sp³-hybridized carbons (Fsp3) is 0.545. The Morgan fingerprint density at radius 3 is 2.40 bits per heavy atom. The molecule has 1 aliphatic rings. The number of amides is 1. The molecular formula is C22H32N2O6. The molecule has 0 aromatic heterocycles. The quantitative estimate of drug-likeness (QED) is 0.527. The van der Waals surface area contributed by atoms with Gasteiger partial charge in [-0.25, -0.2) is 9.59 Å². The molecule has 0 radical (unpaired) electrons. The second kappa shape index (κ2) is 9.84. The number of aliphatic hydroxyl groups is 1. The second-order valence-corrected chi connectivity index (χ2v) is 8.78. The molecule has 166 valence electrons. The number of ether oxygens (including phenoxy) is 3. The molecule has 1 amide bonds. The van der Waals surface area contributed by atoms with Crippen LogP contribution in [-0.2, 0) is 25.6 Å². The Morgan fingerprint density at radius 2 is 1.83 bits per heavy atom. The van der Waals surface area contributed by atoms with Gasteiger partial charge in [0.25, 0.3) is 0 Å². The molecule has 3 N–H and O–H groups in total. The topological polar surface area (TPSA) is 106 Å². The first-order chi connectivity index (χ1) is 13.9. The van der Waals surface area contributed by atoms with Crippen molar-refractivity contribution in [1.29, 1.82) is 0 Å². The zero-order valence-corrected chi connectivity index (χ0v) is 18.2. The third kappa shape index (κ3) is 8.32. The summed E-state index contributed by atoms with van der Waals surface area (Å²) in [5, 5.41) is 15.8. The first-order valence-electron chi connectivity index (χ1n) is 9.97. The lowest BCUT2D eigenvalue weighted by Gasteiger charge is -2.36. The van der Waals surface area contributed by atoms with Crippen molar-refractivity contribution in [3.63, 3.8) is 0 Å². The summed E-state index contributed by atoms with van der Waals surface area (Å²) in [5.74, 6) is -0.0549. The lowest BCUT2D eigenvalue weighted by Crippen LogP contribution is -2.48. The highest BCUT2D eigenvalue weighted by Gasteiger charge is 2.34. The summed E-state index contributed by atoms with van der Waals surface area (Å²) in [5.41, 5.74) is -0.210. The van der Waals surface area contributed by atoms with E-state index in [-0.39, 0.29) is 19.6 Å². The maximum Gasteiger partial charge on any atom is 0.407 e. The molecule has 0 saturated carbocycles. The fourth-order valence-electron chi connectivity index (χ4n) is 2.76. The summed E-state index contributed by atoms with van der Waals surface area (Å²) < 4.78 is 16.1. The van der Waals surface area contributed by atoms with Gasteiger partial charge in [0.05, 0.1) is 6.10 Å². The number of esters is 1. The Hall–Kier alpha value is -2.74. The van der Waals surface area contributed by atoms with Gasteiger partial charge in [0.2, 0.25) is 0 Å². The van der Waals surface area contributed by atoms with Crippen molar-refractivity contribution >= 4 is 12.1 Å². The van der Waals surface area contributed by atoms with Crippen LogP contribution in [0.1, 0.15) is 46.6 Å². The number of rotatable bonds is 9. The Kier molecular flexibility index (Phi) is 7.72. The summed E-state index contributed by atoms with van der Waals surface area (Å²) in [6.45, 7) is 9.15. The maximum atomic E-state index is 12.5. The molecule has 0 aliphatic carbocycles. The van der Waals surface area contributed by atoms with Crippen LogP contribution in [0.5, 0.6) is 0 Å². The van der Waals surface area contributed by atoms with Gasteiger partial charge in [-0.2, -0.15) is 0 Å². The minimum atomic E-state index is -0.993. The van der Waals surface area contributed by atoms with Crippen LogP contribution < -0.4 is 10.6 Å². The zero-order chi connectivity index (χ0) is 22.4. The Bertz CT molecular complexity index is 755. The number of hydrogen-bond acceptors (Lipinski definition) is 7. The Morgan fingerprint density at radius 1 is 1.20 bits per heavy atom. The molecule has 8 nitrogen and oxygen atoms in total. The van der Waals surface area contributed by atoms with Gasteiger partial charge in [-0.1, -0.05) is 30.3 Å². The summed E-state index contributed by atoms with van der Waals surface area (Å²) in [6.07, 6.45) is 0.227. The first-order valence-corrected chi connectivity index (χ1v) is 9.97. The molecule has 0 fully saturated rings. The van der Waals surface area contributed by atoms with Crippen LogP contribution in [0.4, 0.5) is 4.79 Å². The molecule has 30 heavy (non-hydrogen) atoms. The third-order valence-corrected chi connectivity index (χ3v) is 4.06. The third-order valence-electron chi connectivity index (χ3n) is 4.06. The van der Waals surface area contributed by atoms with Gasteiger partial charge in [0.1, 0.15) is 23.9 Å². The number of hydrogen-bond donors (Lipinski definition) is 3. The van der Waals surface area contributed by atoms with E-state index in [1.807, 2.05) is 50.3 Å². The molecule has 2 atom stereocenters. The number of nitrogens with one attached hydrogen (secondary N) is 2. The van der Waals surface area contributed by atoms with E-state index in [9.17, 15) is 14.7 Å². The summed E-state index contributed by atoms with van der Waals surface area (Å²) in [4.78, 5) is 24.4. The predicted octanol–water partition coefficient (Wildman–Crippen LogP) is 2.61. The average molecular weight is 421 g/mol. The minimum absolute atomic E-state index is 0.0228. The van der Waals surface area contributed by atoms with E-state index in [1.54, 1.807) is 20.8 Å². The average Bonchev–Trinajstić information content (AvgIpc) is 2.62. The molecule has 0 unspecified atom stereocenters. The van der Waals surface area contributed by atoms with Gasteiger partial charge in [0, 0.05) is 19.0 Å². The normalized spacial score (nSPS) is 16.8. The molecule has 0 spiro atoms. The van der Waals surface area contributed by atoms with Gasteiger partial charge in [-0.3, -0.25) is 0 Å². The first kappa shape index (κ1) is 23.5. The zero-order valence-electron chi connectivity index (χ0n) is 18.2. The van der Waals surface area contributed by atoms with E-state index >= 15 is 0 Å². The van der Waals surface area contributed by atoms with Crippen molar-refractivity contribution in [1.82, 2.24) is 10.6 Å². The van der Waals surface area contributed by atoms with E-state index in [0.717, 1.165) is 5.56 Å². The largest absolute Gasteiger partial charge is 0.469 e. The lowest BCUT2D eigenvalue weighted by molar-refractivity contribution is -0.159. The molecular weight excluding hydrogens is 388 g/mol. The Balaban J connectivity index is 1.84. The second-order valence-electron chi connectivity index (χ2n) is 8.78. The number of aliphatic hydroxyl groups excluding tert-OH is 1. The number of benzene rings is 1. The molecule has 0 saturated heterocycles. The van der Waals surface area contributed by atoms with Crippen LogP contribution >= 0.6 is 0 Å². The highest BCUT2D eigenvalue weighted by molar-refractivity contribution is 5.76. The highest BCUT2D eigenvalue weighted by atomic mass is 16.6. The fourth-order valence-corrected chi connectivity index (χ4v) is 2.76. The van der Waals surface area contributed by atoms with Crippen molar-refractivity contribution in [2.75, 3.05) is 6.54 Å². The molecule has 1 aromatic rings. The number of carbonyl (C=O) groups excluding carboxylic acids is 2. The van der Waals surface area contributed by atoms with Crippen LogP contribution in [0, 0.1) is 0 Å². The Labute approximate surface area is 177 Å². The van der Waals surface area contributed by atoms with E-state index in [2.05, 4.69) is 10.6 Å². The minimum Gasteiger partial charge on any atom is -0.469 e. The molecule has 1 heterocycles. The smallest absolute Gasteiger partial charge is 0.407 e.